The van der Waals surface area contributed by atoms with Gasteiger partial charge in [-0.25, -0.2) is 0 Å². The summed E-state index contributed by atoms with van der Waals surface area (Å²) >= 11 is 0. The Morgan fingerprint density at radius 1 is 1.05 bits per heavy atom. The van der Waals surface area contributed by atoms with Gasteiger partial charge in [-0.05, 0) is 6.07 Å². The molecule has 0 bridgehead atoms. The zero-order valence-corrected chi connectivity index (χ0v) is 10.5. The lowest BCUT2D eigenvalue weighted by Gasteiger charge is -2.12. The van der Waals surface area contributed by atoms with Crippen molar-refractivity contribution in [2.75, 3.05) is 0 Å². The van der Waals surface area contributed by atoms with Crippen LogP contribution in [0.15, 0.2) is 48.5 Å². The van der Waals surface area contributed by atoms with Gasteiger partial charge in [0.1, 0.15) is 18.2 Å². The fraction of sp³-hybridized carbons (Fsp3) is 0.133. The Labute approximate surface area is 112 Å². The summed E-state index contributed by atoms with van der Waals surface area (Å²) in [5, 5.41) is 16.7. The Hall–Kier alpha value is -2.33. The molecule has 0 aliphatic carbocycles. The van der Waals surface area contributed by atoms with Crippen molar-refractivity contribution in [1.29, 1.82) is 5.41 Å². The molecule has 0 radical (unpaired) electrons. The number of ether oxygens (including phenoxy) is 1. The maximum Gasteiger partial charge on any atom is 0.125 e. The molecule has 4 nitrogen and oxygen atoms in total. The molecule has 0 aromatic heterocycles. The third kappa shape index (κ3) is 3.11. The van der Waals surface area contributed by atoms with E-state index in [1.165, 1.54) is 0 Å². The molecular formula is C15H16N2O2. The fourth-order valence-electron chi connectivity index (χ4n) is 1.84. The van der Waals surface area contributed by atoms with Crippen LogP contribution in [0.4, 0.5) is 0 Å². The van der Waals surface area contributed by atoms with Crippen LogP contribution in [-0.2, 0) is 13.2 Å². The number of para-hydroxylation sites is 1. The van der Waals surface area contributed by atoms with Crippen LogP contribution in [0.2, 0.25) is 0 Å². The van der Waals surface area contributed by atoms with Gasteiger partial charge in [0, 0.05) is 16.7 Å². The van der Waals surface area contributed by atoms with Gasteiger partial charge < -0.3 is 15.6 Å². The minimum Gasteiger partial charge on any atom is -0.489 e. The summed E-state index contributed by atoms with van der Waals surface area (Å²) in [5.41, 5.74) is 7.79. The number of benzene rings is 2. The predicted octanol–water partition coefficient (Wildman–Crippen LogP) is 2.04. The summed E-state index contributed by atoms with van der Waals surface area (Å²) in [7, 11) is 0. The summed E-state index contributed by atoms with van der Waals surface area (Å²) in [6, 6.07) is 14.7. The van der Waals surface area contributed by atoms with Gasteiger partial charge in [0.05, 0.1) is 6.61 Å². The molecule has 2 aromatic carbocycles. The van der Waals surface area contributed by atoms with E-state index in [0.717, 1.165) is 11.1 Å². The average molecular weight is 256 g/mol. The third-order valence-corrected chi connectivity index (χ3v) is 2.83. The van der Waals surface area contributed by atoms with Crippen LogP contribution in [0.1, 0.15) is 16.7 Å². The van der Waals surface area contributed by atoms with E-state index in [4.69, 9.17) is 15.9 Å². The predicted molar refractivity (Wildman–Crippen MR) is 74.2 cm³/mol. The highest BCUT2D eigenvalue weighted by atomic mass is 16.5. The molecule has 0 atom stereocenters. The molecule has 0 saturated carbocycles. The Morgan fingerprint density at radius 2 is 1.68 bits per heavy atom. The number of nitrogens with one attached hydrogen (secondary N) is 1. The normalized spacial score (nSPS) is 10.2. The van der Waals surface area contributed by atoms with Gasteiger partial charge in [0.15, 0.2) is 0 Å². The van der Waals surface area contributed by atoms with Crippen LogP contribution < -0.4 is 10.5 Å². The molecule has 19 heavy (non-hydrogen) atoms. The first-order valence-electron chi connectivity index (χ1n) is 5.96. The van der Waals surface area contributed by atoms with Crippen molar-refractivity contribution >= 4 is 5.84 Å². The quantitative estimate of drug-likeness (QED) is 0.565. The Bertz CT molecular complexity index is 582. The van der Waals surface area contributed by atoms with Crippen molar-refractivity contribution < 1.29 is 9.84 Å². The highest BCUT2D eigenvalue weighted by molar-refractivity contribution is 5.96. The molecule has 0 aliphatic rings. The van der Waals surface area contributed by atoms with E-state index in [9.17, 15) is 5.11 Å². The number of hydrogen-bond donors (Lipinski definition) is 3. The molecule has 98 valence electrons. The highest BCUT2D eigenvalue weighted by Gasteiger charge is 2.06. The van der Waals surface area contributed by atoms with E-state index in [1.807, 2.05) is 42.5 Å². The lowest BCUT2D eigenvalue weighted by Crippen LogP contribution is -2.14. The second-order valence-electron chi connectivity index (χ2n) is 4.13. The smallest absolute Gasteiger partial charge is 0.125 e. The van der Waals surface area contributed by atoms with Crippen LogP contribution in [0.3, 0.4) is 0 Å². The zero-order valence-electron chi connectivity index (χ0n) is 10.5. The number of amidine groups is 1. The van der Waals surface area contributed by atoms with Crippen LogP contribution in [0.5, 0.6) is 5.75 Å². The molecule has 0 saturated heterocycles. The molecule has 0 amide bonds. The van der Waals surface area contributed by atoms with Gasteiger partial charge in [-0.15, -0.1) is 0 Å². The lowest BCUT2D eigenvalue weighted by atomic mass is 10.1. The second-order valence-corrected chi connectivity index (χ2v) is 4.13. The van der Waals surface area contributed by atoms with Crippen LogP contribution in [0.25, 0.3) is 0 Å². The maximum atomic E-state index is 9.22. The summed E-state index contributed by atoms with van der Waals surface area (Å²) in [6.07, 6.45) is 0. The number of nitrogen functional groups attached to an aromatic ring is 1. The molecule has 0 unspecified atom stereocenters. The lowest BCUT2D eigenvalue weighted by molar-refractivity contribution is 0.259. The molecule has 4 N–H and O–H groups in total. The van der Waals surface area contributed by atoms with Crippen molar-refractivity contribution in [2.24, 2.45) is 5.73 Å². The van der Waals surface area contributed by atoms with Crippen molar-refractivity contribution in [3.63, 3.8) is 0 Å². The molecule has 0 aliphatic heterocycles. The first-order chi connectivity index (χ1) is 9.22. The van der Waals surface area contributed by atoms with Gasteiger partial charge >= 0.3 is 0 Å². The Balaban J connectivity index is 2.17. The Kier molecular flexibility index (Phi) is 4.15. The maximum absolute atomic E-state index is 9.22. The molecular weight excluding hydrogens is 240 g/mol. The topological polar surface area (TPSA) is 79.3 Å². The van der Waals surface area contributed by atoms with E-state index in [-0.39, 0.29) is 12.4 Å². The first-order valence-corrected chi connectivity index (χ1v) is 5.96. The number of aliphatic hydroxyl groups is 1. The Morgan fingerprint density at radius 3 is 2.37 bits per heavy atom. The van der Waals surface area contributed by atoms with E-state index in [0.29, 0.717) is 17.9 Å². The van der Waals surface area contributed by atoms with E-state index < -0.39 is 0 Å². The molecule has 4 heteroatoms. The summed E-state index contributed by atoms with van der Waals surface area (Å²) in [5.74, 6) is 0.665. The van der Waals surface area contributed by atoms with Crippen molar-refractivity contribution in [2.45, 2.75) is 13.2 Å². The van der Waals surface area contributed by atoms with Crippen LogP contribution in [-0.4, -0.2) is 10.9 Å². The van der Waals surface area contributed by atoms with E-state index in [2.05, 4.69) is 0 Å². The third-order valence-electron chi connectivity index (χ3n) is 2.83. The van der Waals surface area contributed by atoms with Crippen LogP contribution >= 0.6 is 0 Å². The largest absolute Gasteiger partial charge is 0.489 e. The van der Waals surface area contributed by atoms with Crippen molar-refractivity contribution in [1.82, 2.24) is 0 Å². The van der Waals surface area contributed by atoms with E-state index >= 15 is 0 Å². The summed E-state index contributed by atoms with van der Waals surface area (Å²) in [4.78, 5) is 0. The standard InChI is InChI=1S/C15H16N2O2/c16-15(17)13-7-3-1-6-12(13)10-19-14-8-4-2-5-11(14)9-18/h1-8,18H,9-10H2,(H3,16,17). The van der Waals surface area contributed by atoms with Crippen LogP contribution in [0, 0.1) is 5.41 Å². The number of rotatable bonds is 5. The molecule has 2 rings (SSSR count). The number of hydrogen-bond acceptors (Lipinski definition) is 3. The van der Waals surface area contributed by atoms with Crippen molar-refractivity contribution in [3.8, 4) is 5.75 Å². The number of nitrogens with two attached hydrogens (primary N) is 1. The summed E-state index contributed by atoms with van der Waals surface area (Å²) in [6.45, 7) is 0.247. The van der Waals surface area contributed by atoms with Crippen molar-refractivity contribution in [3.05, 3.63) is 65.2 Å². The van der Waals surface area contributed by atoms with Gasteiger partial charge in [-0.2, -0.15) is 0 Å². The highest BCUT2D eigenvalue weighted by Crippen LogP contribution is 2.20. The SMILES string of the molecule is N=C(N)c1ccccc1COc1ccccc1CO. The zero-order chi connectivity index (χ0) is 13.7. The molecule has 0 heterocycles. The fourth-order valence-corrected chi connectivity index (χ4v) is 1.84. The monoisotopic (exact) mass is 256 g/mol. The van der Waals surface area contributed by atoms with E-state index in [1.54, 1.807) is 6.07 Å². The average Bonchev–Trinajstić information content (AvgIpc) is 2.45. The minimum absolute atomic E-state index is 0.0228. The van der Waals surface area contributed by atoms with Gasteiger partial charge in [0.25, 0.3) is 0 Å². The summed E-state index contributed by atoms with van der Waals surface area (Å²) < 4.78 is 5.69. The second kappa shape index (κ2) is 6.02. The molecule has 0 spiro atoms. The number of aliphatic hydroxyl groups excluding tert-OH is 1. The van der Waals surface area contributed by atoms with Gasteiger partial charge in [-0.3, -0.25) is 5.41 Å². The van der Waals surface area contributed by atoms with Gasteiger partial charge in [0.2, 0.25) is 0 Å². The molecule has 2 aromatic rings. The van der Waals surface area contributed by atoms with Gasteiger partial charge in [-0.1, -0.05) is 42.5 Å². The first kappa shape index (κ1) is 13.1. The minimum atomic E-state index is -0.0650. The molecule has 0 fully saturated rings.